The fourth-order valence-electron chi connectivity index (χ4n) is 2.26. The predicted molar refractivity (Wildman–Crippen MR) is 104 cm³/mol. The molecule has 10 heteroatoms. The summed E-state index contributed by atoms with van der Waals surface area (Å²) in [6, 6.07) is 5.81. The molecular weight excluding hydrogens is 386 g/mol. The molecule has 0 aliphatic heterocycles. The molecule has 0 bridgehead atoms. The number of nitrogens with one attached hydrogen (secondary N) is 2. The van der Waals surface area contributed by atoms with E-state index >= 15 is 0 Å². The third-order valence-electron chi connectivity index (χ3n) is 3.76. The van der Waals surface area contributed by atoms with E-state index in [0.29, 0.717) is 11.1 Å². The Hall–Kier alpha value is -3.53. The third-order valence-corrected chi connectivity index (χ3v) is 4.88. The molecule has 0 aliphatic rings. The minimum atomic E-state index is -0.906. The molecule has 2 aromatic rings. The Labute approximate surface area is 164 Å². The quantitative estimate of drug-likeness (QED) is 0.447. The molecule has 0 fully saturated rings. The number of rotatable bonds is 5. The van der Waals surface area contributed by atoms with Crippen LogP contribution in [0.2, 0.25) is 0 Å². The molecule has 28 heavy (non-hydrogen) atoms. The van der Waals surface area contributed by atoms with E-state index in [-0.39, 0.29) is 16.3 Å². The third kappa shape index (κ3) is 5.01. The van der Waals surface area contributed by atoms with Crippen molar-refractivity contribution in [2.75, 3.05) is 12.4 Å². The average molecular weight is 403 g/mol. The number of methoxy groups -OCH3 is 1. The molecule has 1 heterocycles. The highest BCUT2D eigenvalue weighted by Gasteiger charge is 2.22. The maximum atomic E-state index is 12.3. The number of nitrogens with zero attached hydrogens (tertiary/aromatic N) is 1. The number of hydrogen-bond donors (Lipinski definition) is 2. The molecule has 9 nitrogen and oxygen atoms in total. The van der Waals surface area contributed by atoms with Gasteiger partial charge >= 0.3 is 6.09 Å². The zero-order valence-corrected chi connectivity index (χ0v) is 16.1. The predicted octanol–water partition coefficient (Wildman–Crippen LogP) is 3.42. The van der Waals surface area contributed by atoms with Gasteiger partial charge in [-0.1, -0.05) is 12.1 Å². The summed E-state index contributed by atoms with van der Waals surface area (Å²) in [5, 5.41) is 15.7. The molecular formula is C18H17N3O6S. The van der Waals surface area contributed by atoms with Crippen LogP contribution in [0.5, 0.6) is 0 Å². The number of alkyl carbamates (subject to hydrolysis) is 1. The van der Waals surface area contributed by atoms with E-state index in [1.807, 2.05) is 0 Å². The molecule has 146 valence electrons. The highest BCUT2D eigenvalue weighted by molar-refractivity contribution is 7.16. The van der Waals surface area contributed by atoms with E-state index in [2.05, 4.69) is 15.4 Å². The van der Waals surface area contributed by atoms with Crippen molar-refractivity contribution in [3.63, 3.8) is 0 Å². The lowest BCUT2D eigenvalue weighted by molar-refractivity contribution is -0.384. The summed E-state index contributed by atoms with van der Waals surface area (Å²) in [6.07, 6.45) is 1.71. The van der Waals surface area contributed by atoms with Crippen molar-refractivity contribution in [3.8, 4) is 0 Å². The summed E-state index contributed by atoms with van der Waals surface area (Å²) in [7, 11) is 1.13. The summed E-state index contributed by atoms with van der Waals surface area (Å²) in [5.74, 6) is -1.22. The van der Waals surface area contributed by atoms with Crippen molar-refractivity contribution < 1.29 is 24.0 Å². The van der Waals surface area contributed by atoms with Gasteiger partial charge in [0.25, 0.3) is 11.6 Å². The molecule has 0 spiro atoms. The number of benzene rings is 1. The molecule has 2 N–H and O–H groups in total. The summed E-state index contributed by atoms with van der Waals surface area (Å²) in [6.45, 7) is 3.48. The topological polar surface area (TPSA) is 128 Å². The second-order valence-electron chi connectivity index (χ2n) is 5.61. The van der Waals surface area contributed by atoms with Gasteiger partial charge in [-0.05, 0) is 31.1 Å². The van der Waals surface area contributed by atoms with E-state index in [1.165, 1.54) is 41.7 Å². The standard InChI is InChI=1S/C18H17N3O6S/c1-10-11(2)28-17(15(10)16(23)20-18(24)27-3)19-14(22)8-7-12-5-4-6-13(9-12)21(25)26/h4-9H,1-3H3,(H,19,22)(H,20,23,24)/b8-7+. The first-order valence-electron chi connectivity index (χ1n) is 7.95. The van der Waals surface area contributed by atoms with Crippen molar-refractivity contribution >= 4 is 46.0 Å². The van der Waals surface area contributed by atoms with Crippen LogP contribution < -0.4 is 10.6 Å². The van der Waals surface area contributed by atoms with Crippen molar-refractivity contribution in [2.24, 2.45) is 0 Å². The number of ether oxygens (including phenoxy) is 1. The zero-order valence-electron chi connectivity index (χ0n) is 15.3. The summed E-state index contributed by atoms with van der Waals surface area (Å²) < 4.78 is 4.41. The highest BCUT2D eigenvalue weighted by Crippen LogP contribution is 2.32. The van der Waals surface area contributed by atoms with Crippen molar-refractivity contribution in [3.05, 3.63) is 62.0 Å². The lowest BCUT2D eigenvalue weighted by atomic mass is 10.1. The molecule has 1 aromatic heterocycles. The number of imide groups is 1. The molecule has 3 amide bonds. The maximum Gasteiger partial charge on any atom is 0.413 e. The van der Waals surface area contributed by atoms with Gasteiger partial charge in [0.15, 0.2) is 0 Å². The average Bonchev–Trinajstić information content (AvgIpc) is 2.93. The van der Waals surface area contributed by atoms with E-state index in [1.54, 1.807) is 19.9 Å². The second-order valence-corrected chi connectivity index (χ2v) is 6.83. The van der Waals surface area contributed by atoms with Crippen LogP contribution in [0.3, 0.4) is 0 Å². The van der Waals surface area contributed by atoms with Gasteiger partial charge in [0.2, 0.25) is 5.91 Å². The Morgan fingerprint density at radius 3 is 2.61 bits per heavy atom. The lowest BCUT2D eigenvalue weighted by Crippen LogP contribution is -2.31. The van der Waals surface area contributed by atoms with Crippen LogP contribution in [0.4, 0.5) is 15.5 Å². The largest absolute Gasteiger partial charge is 0.453 e. The van der Waals surface area contributed by atoms with Gasteiger partial charge in [-0.15, -0.1) is 11.3 Å². The first-order chi connectivity index (χ1) is 13.2. The van der Waals surface area contributed by atoms with Crippen molar-refractivity contribution in [2.45, 2.75) is 13.8 Å². The Balaban J connectivity index is 2.19. The van der Waals surface area contributed by atoms with E-state index in [0.717, 1.165) is 12.0 Å². The van der Waals surface area contributed by atoms with Gasteiger partial charge in [-0.25, -0.2) is 4.79 Å². The highest BCUT2D eigenvalue weighted by atomic mass is 32.1. The normalized spacial score (nSPS) is 10.5. The van der Waals surface area contributed by atoms with Crippen LogP contribution >= 0.6 is 11.3 Å². The summed E-state index contributed by atoms with van der Waals surface area (Å²) >= 11 is 1.19. The van der Waals surface area contributed by atoms with Crippen molar-refractivity contribution in [1.29, 1.82) is 0 Å². The number of nitro groups is 1. The van der Waals surface area contributed by atoms with Gasteiger partial charge in [-0.2, -0.15) is 0 Å². The fourth-order valence-corrected chi connectivity index (χ4v) is 3.32. The Bertz CT molecular complexity index is 980. The van der Waals surface area contributed by atoms with Gasteiger partial charge in [0.1, 0.15) is 5.00 Å². The minimum Gasteiger partial charge on any atom is -0.453 e. The van der Waals surface area contributed by atoms with Crippen LogP contribution in [0, 0.1) is 24.0 Å². The van der Waals surface area contributed by atoms with Gasteiger partial charge in [-0.3, -0.25) is 25.0 Å². The molecule has 0 saturated carbocycles. The molecule has 0 unspecified atom stereocenters. The fraction of sp³-hybridized carbons (Fsp3) is 0.167. The zero-order chi connectivity index (χ0) is 20.8. The summed E-state index contributed by atoms with van der Waals surface area (Å²) in [5.41, 5.74) is 1.19. The van der Waals surface area contributed by atoms with E-state index in [9.17, 15) is 24.5 Å². The number of non-ortho nitro benzene ring substituents is 1. The molecule has 0 aliphatic carbocycles. The second kappa shape index (κ2) is 8.91. The van der Waals surface area contributed by atoms with Gasteiger partial charge in [0, 0.05) is 23.1 Å². The van der Waals surface area contributed by atoms with Crippen LogP contribution in [-0.4, -0.2) is 29.9 Å². The Morgan fingerprint density at radius 2 is 1.96 bits per heavy atom. The SMILES string of the molecule is COC(=O)NC(=O)c1c(NC(=O)/C=C/c2cccc([N+](=O)[O-])c2)sc(C)c1C. The number of hydrogen-bond acceptors (Lipinski definition) is 7. The Morgan fingerprint density at radius 1 is 1.25 bits per heavy atom. The van der Waals surface area contributed by atoms with E-state index < -0.39 is 22.8 Å². The number of nitro benzene ring substituents is 1. The van der Waals surface area contributed by atoms with E-state index in [4.69, 9.17) is 0 Å². The Kier molecular flexibility index (Phi) is 6.61. The molecule has 1 aromatic carbocycles. The maximum absolute atomic E-state index is 12.3. The number of aryl methyl sites for hydroxylation is 1. The number of amides is 3. The summed E-state index contributed by atoms with van der Waals surface area (Å²) in [4.78, 5) is 46.9. The first kappa shape index (κ1) is 20.8. The first-order valence-corrected chi connectivity index (χ1v) is 8.77. The van der Waals surface area contributed by atoms with Gasteiger partial charge in [0.05, 0.1) is 17.6 Å². The molecule has 0 atom stereocenters. The van der Waals surface area contributed by atoms with Crippen molar-refractivity contribution in [1.82, 2.24) is 5.32 Å². The number of anilines is 1. The number of thiophene rings is 1. The van der Waals surface area contributed by atoms with Gasteiger partial charge < -0.3 is 10.1 Å². The minimum absolute atomic E-state index is 0.0890. The smallest absolute Gasteiger partial charge is 0.413 e. The number of carbonyl (C=O) groups excluding carboxylic acids is 3. The van der Waals surface area contributed by atoms with Crippen LogP contribution in [0.1, 0.15) is 26.4 Å². The van der Waals surface area contributed by atoms with Crippen LogP contribution in [0.15, 0.2) is 30.3 Å². The lowest BCUT2D eigenvalue weighted by Gasteiger charge is -2.06. The van der Waals surface area contributed by atoms with Crippen LogP contribution in [0.25, 0.3) is 6.08 Å². The monoisotopic (exact) mass is 403 g/mol. The molecule has 0 radical (unpaired) electrons. The molecule has 0 saturated heterocycles. The molecule has 2 rings (SSSR count). The van der Waals surface area contributed by atoms with Crippen LogP contribution in [-0.2, 0) is 9.53 Å². The number of carbonyl (C=O) groups is 3.